The lowest BCUT2D eigenvalue weighted by molar-refractivity contribution is -0.170. The van der Waals surface area contributed by atoms with Gasteiger partial charge in [0.15, 0.2) is 0 Å². The topological polar surface area (TPSA) is 60.8 Å². The molecule has 5 heteroatoms. The van der Waals surface area contributed by atoms with Crippen molar-refractivity contribution in [1.29, 1.82) is 0 Å². The van der Waals surface area contributed by atoms with Gasteiger partial charge in [0.2, 0.25) is 0 Å². The maximum Gasteiger partial charge on any atom is 0.306 e. The van der Waals surface area contributed by atoms with E-state index in [-0.39, 0.29) is 17.7 Å². The quantitative estimate of drug-likeness (QED) is 0.859. The van der Waals surface area contributed by atoms with Gasteiger partial charge in [-0.2, -0.15) is 0 Å². The first-order chi connectivity index (χ1) is 11.9. The molecule has 4 rings (SSSR count). The molecule has 2 N–H and O–H groups in total. The first-order valence-corrected chi connectivity index (χ1v) is 9.40. The molecule has 2 aliphatic carbocycles. The van der Waals surface area contributed by atoms with E-state index in [2.05, 4.69) is 4.90 Å². The molecule has 0 amide bonds. The standard InChI is InChI=1S/C20H26FNO3/c21-17-4-3-14(18(9-17)13-1-2-13)12-22-7-5-16(6-8-22)20(25)10-15(11-20)19(23)24/h3-4,9,13,15-16,25H,1-2,5-8,10-12H2,(H,23,24). The van der Waals surface area contributed by atoms with E-state index >= 15 is 0 Å². The number of piperidine rings is 1. The first-order valence-electron chi connectivity index (χ1n) is 9.40. The van der Waals surface area contributed by atoms with E-state index in [0.717, 1.165) is 45.3 Å². The molecule has 136 valence electrons. The van der Waals surface area contributed by atoms with E-state index in [1.165, 1.54) is 11.1 Å². The van der Waals surface area contributed by atoms with Gasteiger partial charge in [0.05, 0.1) is 11.5 Å². The minimum atomic E-state index is -0.786. The van der Waals surface area contributed by atoms with Gasteiger partial charge in [-0.1, -0.05) is 6.07 Å². The highest BCUT2D eigenvalue weighted by molar-refractivity contribution is 5.71. The van der Waals surface area contributed by atoms with Crippen molar-refractivity contribution in [2.24, 2.45) is 11.8 Å². The number of rotatable bonds is 5. The second kappa shape index (κ2) is 6.36. The summed E-state index contributed by atoms with van der Waals surface area (Å²) in [6, 6.07) is 5.17. The fourth-order valence-electron chi connectivity index (χ4n) is 4.66. The summed E-state index contributed by atoms with van der Waals surface area (Å²) in [4.78, 5) is 13.4. The van der Waals surface area contributed by atoms with E-state index in [1.54, 1.807) is 12.1 Å². The van der Waals surface area contributed by atoms with Crippen LogP contribution in [0.25, 0.3) is 0 Å². The number of halogens is 1. The lowest BCUT2D eigenvalue weighted by atomic mass is 9.62. The van der Waals surface area contributed by atoms with Crippen LogP contribution in [0.3, 0.4) is 0 Å². The van der Waals surface area contributed by atoms with Crippen molar-refractivity contribution in [3.05, 3.63) is 35.1 Å². The Hall–Kier alpha value is -1.46. The van der Waals surface area contributed by atoms with Gasteiger partial charge in [0.25, 0.3) is 0 Å². The van der Waals surface area contributed by atoms with E-state index < -0.39 is 11.6 Å². The predicted octanol–water partition coefficient (Wildman–Crippen LogP) is 3.14. The summed E-state index contributed by atoms with van der Waals surface area (Å²) in [5, 5.41) is 19.7. The van der Waals surface area contributed by atoms with Crippen molar-refractivity contribution in [3.8, 4) is 0 Å². The number of hydrogen-bond acceptors (Lipinski definition) is 3. The van der Waals surface area contributed by atoms with Gasteiger partial charge in [-0.3, -0.25) is 9.69 Å². The normalized spacial score (nSPS) is 30.9. The molecule has 3 fully saturated rings. The molecule has 1 aromatic carbocycles. The van der Waals surface area contributed by atoms with Crippen LogP contribution in [0.2, 0.25) is 0 Å². The maximum atomic E-state index is 13.5. The Balaban J connectivity index is 1.33. The van der Waals surface area contributed by atoms with Crippen LogP contribution in [-0.2, 0) is 11.3 Å². The molecular formula is C20H26FNO3. The zero-order chi connectivity index (χ0) is 17.6. The number of nitrogens with zero attached hydrogens (tertiary/aromatic N) is 1. The largest absolute Gasteiger partial charge is 0.481 e. The van der Waals surface area contributed by atoms with Gasteiger partial charge >= 0.3 is 5.97 Å². The highest BCUT2D eigenvalue weighted by Gasteiger charge is 2.51. The third-order valence-corrected chi connectivity index (χ3v) is 6.42. The van der Waals surface area contributed by atoms with Crippen LogP contribution in [0.1, 0.15) is 55.6 Å². The number of hydrogen-bond donors (Lipinski definition) is 2. The molecule has 0 bridgehead atoms. The van der Waals surface area contributed by atoms with Crippen molar-refractivity contribution in [3.63, 3.8) is 0 Å². The van der Waals surface area contributed by atoms with Crippen molar-refractivity contribution < 1.29 is 19.4 Å². The molecule has 0 aromatic heterocycles. The van der Waals surface area contributed by atoms with E-state index in [9.17, 15) is 14.3 Å². The van der Waals surface area contributed by atoms with Crippen LogP contribution in [0.5, 0.6) is 0 Å². The number of benzene rings is 1. The zero-order valence-corrected chi connectivity index (χ0v) is 14.5. The third kappa shape index (κ3) is 3.44. The lowest BCUT2D eigenvalue weighted by Crippen LogP contribution is -2.54. The number of aliphatic hydroxyl groups is 1. The average molecular weight is 347 g/mol. The molecule has 25 heavy (non-hydrogen) atoms. The summed E-state index contributed by atoms with van der Waals surface area (Å²) in [6.45, 7) is 2.66. The number of carbonyl (C=O) groups is 1. The second-order valence-corrected chi connectivity index (χ2v) is 8.21. The number of carboxylic acids is 1. The molecule has 1 saturated heterocycles. The summed E-state index contributed by atoms with van der Waals surface area (Å²) >= 11 is 0. The molecule has 3 aliphatic rings. The maximum absolute atomic E-state index is 13.5. The van der Waals surface area contributed by atoms with Crippen molar-refractivity contribution >= 4 is 5.97 Å². The van der Waals surface area contributed by atoms with Crippen LogP contribution in [0.4, 0.5) is 4.39 Å². The van der Waals surface area contributed by atoms with E-state index in [0.29, 0.717) is 18.8 Å². The summed E-state index contributed by atoms with van der Waals surface area (Å²) in [5.41, 5.74) is 1.63. The van der Waals surface area contributed by atoms with E-state index in [4.69, 9.17) is 5.11 Å². The van der Waals surface area contributed by atoms with Crippen LogP contribution >= 0.6 is 0 Å². The number of carboxylic acid groups (broad SMARTS) is 1. The molecule has 1 heterocycles. The fourth-order valence-corrected chi connectivity index (χ4v) is 4.66. The molecular weight excluding hydrogens is 321 g/mol. The van der Waals surface area contributed by atoms with E-state index in [1.807, 2.05) is 6.07 Å². The Morgan fingerprint density at radius 1 is 1.20 bits per heavy atom. The Kier molecular flexibility index (Phi) is 4.32. The van der Waals surface area contributed by atoms with Crippen molar-refractivity contribution in [1.82, 2.24) is 4.90 Å². The summed E-state index contributed by atoms with van der Waals surface area (Å²) in [7, 11) is 0. The molecule has 1 aromatic rings. The molecule has 0 spiro atoms. The van der Waals surface area contributed by atoms with Gasteiger partial charge < -0.3 is 10.2 Å². The average Bonchev–Trinajstić information content (AvgIpc) is 3.39. The molecule has 0 radical (unpaired) electrons. The monoisotopic (exact) mass is 347 g/mol. The Morgan fingerprint density at radius 2 is 1.88 bits per heavy atom. The molecule has 0 unspecified atom stereocenters. The molecule has 2 saturated carbocycles. The Bertz CT molecular complexity index is 659. The Labute approximate surface area is 147 Å². The fraction of sp³-hybridized carbons (Fsp3) is 0.650. The van der Waals surface area contributed by atoms with Crippen LogP contribution in [-0.4, -0.2) is 39.8 Å². The summed E-state index contributed by atoms with van der Waals surface area (Å²) in [6.07, 6.45) is 4.94. The van der Waals surface area contributed by atoms with Gasteiger partial charge in [0.1, 0.15) is 5.82 Å². The third-order valence-electron chi connectivity index (χ3n) is 6.42. The molecule has 4 nitrogen and oxygen atoms in total. The van der Waals surface area contributed by atoms with Crippen LogP contribution in [0, 0.1) is 17.7 Å². The van der Waals surface area contributed by atoms with Crippen molar-refractivity contribution in [2.45, 2.75) is 56.6 Å². The highest BCUT2D eigenvalue weighted by Crippen LogP contribution is 2.47. The lowest BCUT2D eigenvalue weighted by Gasteiger charge is -2.49. The van der Waals surface area contributed by atoms with Crippen LogP contribution in [0.15, 0.2) is 18.2 Å². The summed E-state index contributed by atoms with van der Waals surface area (Å²) in [5.74, 6) is -0.568. The second-order valence-electron chi connectivity index (χ2n) is 8.21. The predicted molar refractivity (Wildman–Crippen MR) is 91.7 cm³/mol. The zero-order valence-electron chi connectivity index (χ0n) is 14.5. The van der Waals surface area contributed by atoms with Gasteiger partial charge in [-0.15, -0.1) is 0 Å². The summed E-state index contributed by atoms with van der Waals surface area (Å²) < 4.78 is 13.5. The van der Waals surface area contributed by atoms with Crippen LogP contribution < -0.4 is 0 Å². The smallest absolute Gasteiger partial charge is 0.306 e. The Morgan fingerprint density at radius 3 is 2.48 bits per heavy atom. The first kappa shape index (κ1) is 17.0. The van der Waals surface area contributed by atoms with Gasteiger partial charge in [0, 0.05) is 6.54 Å². The van der Waals surface area contributed by atoms with Gasteiger partial charge in [-0.25, -0.2) is 4.39 Å². The van der Waals surface area contributed by atoms with Crippen molar-refractivity contribution in [2.75, 3.05) is 13.1 Å². The molecule has 1 aliphatic heterocycles. The van der Waals surface area contributed by atoms with Gasteiger partial charge in [-0.05, 0) is 86.7 Å². The number of aliphatic carboxylic acids is 1. The minimum absolute atomic E-state index is 0.149. The highest BCUT2D eigenvalue weighted by atomic mass is 19.1. The minimum Gasteiger partial charge on any atom is -0.481 e. The molecule has 0 atom stereocenters. The SMILES string of the molecule is O=C(O)C1CC(O)(C2CCN(Cc3ccc(F)cc3C3CC3)CC2)C1. The number of likely N-dealkylation sites (tertiary alicyclic amines) is 1.